The summed E-state index contributed by atoms with van der Waals surface area (Å²) in [5, 5.41) is 0. The summed E-state index contributed by atoms with van der Waals surface area (Å²) in [6, 6.07) is 4.37. The number of rotatable bonds is 3. The fourth-order valence-electron chi connectivity index (χ4n) is 1.11. The molecule has 0 aliphatic carbocycles. The third-order valence-corrected chi connectivity index (χ3v) is 3.77. The lowest BCUT2D eigenvalue weighted by molar-refractivity contribution is -0.116. The minimum absolute atomic E-state index is 0.0632. The first-order valence-corrected chi connectivity index (χ1v) is 5.86. The predicted molar refractivity (Wildman–Crippen MR) is 61.4 cm³/mol. The third kappa shape index (κ3) is 3.08. The fourth-order valence-corrected chi connectivity index (χ4v) is 1.97. The number of benzene rings is 1. The number of Topliss-reactive ketones (excluding diaryl/α,β-unsaturated/α-hetero) is 1. The van der Waals surface area contributed by atoms with Gasteiger partial charge in [-0.15, -0.1) is 0 Å². The van der Waals surface area contributed by atoms with Crippen LogP contribution in [0.3, 0.4) is 0 Å². The molecule has 0 aliphatic heterocycles. The van der Waals surface area contributed by atoms with Crippen LogP contribution in [-0.4, -0.2) is 5.78 Å². The van der Waals surface area contributed by atoms with Crippen molar-refractivity contribution in [2.45, 2.75) is 18.2 Å². The second-order valence-electron chi connectivity index (χ2n) is 3.05. The van der Waals surface area contributed by atoms with E-state index in [-0.39, 0.29) is 11.3 Å². The summed E-state index contributed by atoms with van der Waals surface area (Å²) in [5.74, 6) is -0.0632. The van der Waals surface area contributed by atoms with Crippen LogP contribution in [0.4, 0.5) is 8.78 Å². The zero-order valence-electron chi connectivity index (χ0n) is 7.81. The van der Waals surface area contributed by atoms with Crippen LogP contribution in [-0.2, 0) is 4.79 Å². The zero-order chi connectivity index (χ0) is 11.6. The van der Waals surface area contributed by atoms with Gasteiger partial charge in [0.05, 0.1) is 4.83 Å². The molecule has 0 radical (unpaired) electrons. The second kappa shape index (κ2) is 5.16. The van der Waals surface area contributed by atoms with E-state index >= 15 is 0 Å². The average Bonchev–Trinajstić information content (AvgIpc) is 2.15. The number of alkyl halides is 3. The lowest BCUT2D eigenvalue weighted by Crippen LogP contribution is -2.01. The largest absolute Gasteiger partial charge is 0.298 e. The maximum Gasteiger partial charge on any atom is 0.264 e. The Morgan fingerprint density at radius 1 is 1.40 bits per heavy atom. The van der Waals surface area contributed by atoms with Crippen molar-refractivity contribution in [2.24, 2.45) is 0 Å². The first-order chi connectivity index (χ1) is 6.93. The molecule has 0 N–H and O–H groups in total. The molecule has 0 aliphatic rings. The molecule has 0 aromatic heterocycles. The van der Waals surface area contributed by atoms with Gasteiger partial charge in [0.25, 0.3) is 6.43 Å². The summed E-state index contributed by atoms with van der Waals surface area (Å²) >= 11 is 6.24. The molecule has 0 saturated carbocycles. The van der Waals surface area contributed by atoms with Gasteiger partial charge in [-0.3, -0.25) is 4.79 Å². The van der Waals surface area contributed by atoms with Gasteiger partial charge in [-0.05, 0) is 18.6 Å². The topological polar surface area (TPSA) is 17.1 Å². The van der Waals surface area contributed by atoms with E-state index in [1.807, 2.05) is 0 Å². The molecule has 1 aromatic carbocycles. The first kappa shape index (κ1) is 12.8. The Bertz CT molecular complexity index is 380. The molecule has 15 heavy (non-hydrogen) atoms. The Morgan fingerprint density at radius 3 is 2.40 bits per heavy atom. The van der Waals surface area contributed by atoms with Gasteiger partial charge in [-0.25, -0.2) is 8.78 Å². The standard InChI is InChI=1S/C10H8Br2F2O/c1-5(15)9(12)6-2-3-7(10(13)14)8(11)4-6/h2-4,9-10H,1H3. The molecule has 1 unspecified atom stereocenters. The number of carbonyl (C=O) groups excluding carboxylic acids is 1. The van der Waals surface area contributed by atoms with Crippen LogP contribution in [0, 0.1) is 0 Å². The molecule has 1 nitrogen and oxygen atoms in total. The normalized spacial score (nSPS) is 12.9. The number of carbonyl (C=O) groups is 1. The van der Waals surface area contributed by atoms with E-state index < -0.39 is 11.3 Å². The molecule has 1 atom stereocenters. The Hall–Kier alpha value is -0.290. The maximum absolute atomic E-state index is 12.4. The monoisotopic (exact) mass is 340 g/mol. The van der Waals surface area contributed by atoms with Gasteiger partial charge in [-0.1, -0.05) is 44.0 Å². The third-order valence-electron chi connectivity index (χ3n) is 1.91. The summed E-state index contributed by atoms with van der Waals surface area (Å²) in [6.07, 6.45) is -2.51. The quantitative estimate of drug-likeness (QED) is 0.744. The number of halogens is 4. The molecule has 1 rings (SSSR count). The molecule has 0 spiro atoms. The highest BCUT2D eigenvalue weighted by molar-refractivity contribution is 9.10. The van der Waals surface area contributed by atoms with Gasteiger partial charge in [0.2, 0.25) is 0 Å². The molecule has 5 heteroatoms. The average molecular weight is 342 g/mol. The van der Waals surface area contributed by atoms with Crippen LogP contribution in [0.15, 0.2) is 22.7 Å². The summed E-state index contributed by atoms with van der Waals surface area (Å²) in [7, 11) is 0. The highest BCUT2D eigenvalue weighted by Gasteiger charge is 2.16. The fraction of sp³-hybridized carbons (Fsp3) is 0.300. The lowest BCUT2D eigenvalue weighted by Gasteiger charge is -2.09. The summed E-state index contributed by atoms with van der Waals surface area (Å²) in [4.78, 5) is 10.6. The van der Waals surface area contributed by atoms with Gasteiger partial charge in [0, 0.05) is 10.0 Å². The summed E-state index contributed by atoms with van der Waals surface area (Å²) in [5.41, 5.74) is 0.598. The lowest BCUT2D eigenvalue weighted by atomic mass is 10.1. The SMILES string of the molecule is CC(=O)C(Br)c1ccc(C(F)F)c(Br)c1. The Balaban J connectivity index is 3.06. The van der Waals surface area contributed by atoms with Crippen molar-refractivity contribution in [3.05, 3.63) is 33.8 Å². The molecule has 82 valence electrons. The van der Waals surface area contributed by atoms with Crippen molar-refractivity contribution in [1.29, 1.82) is 0 Å². The highest BCUT2D eigenvalue weighted by Crippen LogP contribution is 2.32. The van der Waals surface area contributed by atoms with Gasteiger partial charge >= 0.3 is 0 Å². The van der Waals surface area contributed by atoms with Crippen molar-refractivity contribution in [3.8, 4) is 0 Å². The number of hydrogen-bond donors (Lipinski definition) is 0. The van der Waals surface area contributed by atoms with Gasteiger partial charge < -0.3 is 0 Å². The van der Waals surface area contributed by atoms with E-state index in [9.17, 15) is 13.6 Å². The predicted octanol–water partition coefficient (Wildman–Crippen LogP) is 4.41. The van der Waals surface area contributed by atoms with Crippen LogP contribution in [0.1, 0.15) is 29.3 Å². The summed E-state index contributed by atoms with van der Waals surface area (Å²) < 4.78 is 25.1. The molecular weight excluding hydrogens is 334 g/mol. The molecule has 0 amide bonds. The van der Waals surface area contributed by atoms with Crippen molar-refractivity contribution in [1.82, 2.24) is 0 Å². The smallest absolute Gasteiger partial charge is 0.264 e. The van der Waals surface area contributed by atoms with E-state index in [0.29, 0.717) is 10.0 Å². The first-order valence-electron chi connectivity index (χ1n) is 4.15. The zero-order valence-corrected chi connectivity index (χ0v) is 11.0. The van der Waals surface area contributed by atoms with E-state index in [1.54, 1.807) is 0 Å². The minimum Gasteiger partial charge on any atom is -0.298 e. The Kier molecular flexibility index (Phi) is 4.40. The van der Waals surface area contributed by atoms with Gasteiger partial charge in [0.15, 0.2) is 0 Å². The van der Waals surface area contributed by atoms with Crippen LogP contribution >= 0.6 is 31.9 Å². The summed E-state index contributed by atoms with van der Waals surface area (Å²) in [6.45, 7) is 1.44. The molecule has 1 aromatic rings. The van der Waals surface area contributed by atoms with Crippen LogP contribution in [0.2, 0.25) is 0 Å². The molecule has 0 heterocycles. The molecule has 0 bridgehead atoms. The second-order valence-corrected chi connectivity index (χ2v) is 4.82. The molecule has 0 saturated heterocycles. The van der Waals surface area contributed by atoms with E-state index in [4.69, 9.17) is 0 Å². The number of hydrogen-bond acceptors (Lipinski definition) is 1. The van der Waals surface area contributed by atoms with Crippen molar-refractivity contribution < 1.29 is 13.6 Å². The van der Waals surface area contributed by atoms with Crippen molar-refractivity contribution in [2.75, 3.05) is 0 Å². The minimum atomic E-state index is -2.51. The van der Waals surface area contributed by atoms with Crippen molar-refractivity contribution >= 4 is 37.6 Å². The Morgan fingerprint density at radius 2 is 2.00 bits per heavy atom. The van der Waals surface area contributed by atoms with Gasteiger partial charge in [-0.2, -0.15) is 0 Å². The van der Waals surface area contributed by atoms with Crippen LogP contribution in [0.25, 0.3) is 0 Å². The van der Waals surface area contributed by atoms with Gasteiger partial charge in [0.1, 0.15) is 5.78 Å². The van der Waals surface area contributed by atoms with E-state index in [0.717, 1.165) is 0 Å². The Labute approximate surface area is 103 Å². The number of ketones is 1. The van der Waals surface area contributed by atoms with E-state index in [1.165, 1.54) is 25.1 Å². The molecule has 0 fully saturated rings. The molecular formula is C10H8Br2F2O. The van der Waals surface area contributed by atoms with Crippen molar-refractivity contribution in [3.63, 3.8) is 0 Å². The highest BCUT2D eigenvalue weighted by atomic mass is 79.9. The van der Waals surface area contributed by atoms with Crippen LogP contribution in [0.5, 0.6) is 0 Å². The van der Waals surface area contributed by atoms with E-state index in [2.05, 4.69) is 31.9 Å². The van der Waals surface area contributed by atoms with Crippen LogP contribution < -0.4 is 0 Å². The maximum atomic E-state index is 12.4.